The van der Waals surface area contributed by atoms with Gasteiger partial charge >= 0.3 is 6.03 Å². The maximum absolute atomic E-state index is 13.9. The highest BCUT2D eigenvalue weighted by Gasteiger charge is 2.26. The first-order valence-electron chi connectivity index (χ1n) is 9.01. The summed E-state index contributed by atoms with van der Waals surface area (Å²) in [6.45, 7) is 2.56. The lowest BCUT2D eigenvalue weighted by Crippen LogP contribution is -2.47. The maximum atomic E-state index is 13.9. The van der Waals surface area contributed by atoms with Gasteiger partial charge in [0.05, 0.1) is 19.4 Å². The number of piperidine rings is 1. The third kappa shape index (κ3) is 4.28. The first-order valence-corrected chi connectivity index (χ1v) is 9.01. The zero-order valence-electron chi connectivity index (χ0n) is 15.6. The van der Waals surface area contributed by atoms with E-state index in [4.69, 9.17) is 9.84 Å². The molecule has 27 heavy (non-hydrogen) atoms. The van der Waals surface area contributed by atoms with E-state index in [0.29, 0.717) is 17.8 Å². The van der Waals surface area contributed by atoms with E-state index < -0.39 is 5.82 Å². The second-order valence-corrected chi connectivity index (χ2v) is 6.71. The standard InChI is InChI=1S/C19H25FN4O3/c1-22(15-5-7-23(8-6-15)9-10-25)19(26)24-12-17(21-13-24)14-3-4-18(27-2)16(20)11-14/h3-4,11-13,15,25H,5-10H2,1-2H3. The summed E-state index contributed by atoms with van der Waals surface area (Å²) in [7, 11) is 3.21. The average Bonchev–Trinajstić information content (AvgIpc) is 3.18. The number of hydrogen-bond donors (Lipinski definition) is 1. The van der Waals surface area contributed by atoms with Crippen molar-refractivity contribution < 1.29 is 19.0 Å². The first-order chi connectivity index (χ1) is 13.0. The van der Waals surface area contributed by atoms with Crippen molar-refractivity contribution >= 4 is 6.03 Å². The number of aliphatic hydroxyl groups is 1. The molecule has 2 aromatic rings. The van der Waals surface area contributed by atoms with Gasteiger partial charge in [-0.2, -0.15) is 0 Å². The molecule has 0 radical (unpaired) electrons. The van der Waals surface area contributed by atoms with Crippen LogP contribution in [-0.4, -0.2) is 76.9 Å². The summed E-state index contributed by atoms with van der Waals surface area (Å²) in [6, 6.07) is 4.58. The van der Waals surface area contributed by atoms with Gasteiger partial charge in [-0.1, -0.05) is 0 Å². The van der Waals surface area contributed by atoms with Gasteiger partial charge in [0.2, 0.25) is 0 Å². The van der Waals surface area contributed by atoms with E-state index in [1.54, 1.807) is 24.2 Å². The zero-order valence-corrected chi connectivity index (χ0v) is 15.6. The molecule has 1 fully saturated rings. The molecular formula is C19H25FN4O3. The molecule has 1 saturated heterocycles. The van der Waals surface area contributed by atoms with Crippen LogP contribution in [-0.2, 0) is 0 Å². The predicted octanol–water partition coefficient (Wildman–Crippen LogP) is 2.05. The van der Waals surface area contributed by atoms with E-state index in [1.165, 1.54) is 30.1 Å². The lowest BCUT2D eigenvalue weighted by Gasteiger charge is -2.36. The van der Waals surface area contributed by atoms with Crippen molar-refractivity contribution in [1.29, 1.82) is 0 Å². The Morgan fingerprint density at radius 1 is 1.41 bits per heavy atom. The van der Waals surface area contributed by atoms with Gasteiger partial charge in [0.15, 0.2) is 11.6 Å². The molecule has 1 aliphatic rings. The van der Waals surface area contributed by atoms with Gasteiger partial charge in [0.1, 0.15) is 6.33 Å². The Labute approximate surface area is 158 Å². The van der Waals surface area contributed by atoms with Crippen LogP contribution in [0, 0.1) is 5.82 Å². The number of aliphatic hydroxyl groups excluding tert-OH is 1. The van der Waals surface area contributed by atoms with Crippen LogP contribution in [0.25, 0.3) is 11.3 Å². The van der Waals surface area contributed by atoms with Crippen molar-refractivity contribution in [2.75, 3.05) is 40.4 Å². The lowest BCUT2D eigenvalue weighted by molar-refractivity contribution is 0.120. The van der Waals surface area contributed by atoms with Gasteiger partial charge < -0.3 is 19.6 Å². The second-order valence-electron chi connectivity index (χ2n) is 6.71. The molecule has 1 aromatic carbocycles. The summed E-state index contributed by atoms with van der Waals surface area (Å²) in [6.07, 6.45) is 4.80. The maximum Gasteiger partial charge on any atom is 0.329 e. The van der Waals surface area contributed by atoms with Crippen molar-refractivity contribution in [3.8, 4) is 17.0 Å². The molecular weight excluding hydrogens is 351 g/mol. The van der Waals surface area contributed by atoms with Crippen LogP contribution in [0.1, 0.15) is 12.8 Å². The SMILES string of the molecule is COc1ccc(-c2cn(C(=O)N(C)C3CCN(CCO)CC3)cn2)cc1F. The number of rotatable bonds is 5. The molecule has 146 valence electrons. The summed E-state index contributed by atoms with van der Waals surface area (Å²) < 4.78 is 20.3. The zero-order chi connectivity index (χ0) is 19.4. The molecule has 0 unspecified atom stereocenters. The fourth-order valence-corrected chi connectivity index (χ4v) is 3.41. The Hall–Kier alpha value is -2.45. The van der Waals surface area contributed by atoms with Crippen molar-refractivity contribution in [2.45, 2.75) is 18.9 Å². The molecule has 1 amide bonds. The molecule has 8 heteroatoms. The number of carbonyl (C=O) groups excluding carboxylic acids is 1. The molecule has 3 rings (SSSR count). The number of amides is 1. The minimum absolute atomic E-state index is 0.150. The molecule has 0 atom stereocenters. The molecule has 0 spiro atoms. The molecule has 1 aliphatic heterocycles. The fraction of sp³-hybridized carbons (Fsp3) is 0.474. The van der Waals surface area contributed by atoms with Crippen LogP contribution in [0.15, 0.2) is 30.7 Å². The normalized spacial score (nSPS) is 15.7. The summed E-state index contributed by atoms with van der Waals surface area (Å²) in [5.41, 5.74) is 1.11. The molecule has 0 aliphatic carbocycles. The smallest absolute Gasteiger partial charge is 0.329 e. The van der Waals surface area contributed by atoms with Crippen LogP contribution in [0.3, 0.4) is 0 Å². The Morgan fingerprint density at radius 3 is 2.78 bits per heavy atom. The topological polar surface area (TPSA) is 70.8 Å². The van der Waals surface area contributed by atoms with E-state index in [2.05, 4.69) is 9.88 Å². The van der Waals surface area contributed by atoms with Gasteiger partial charge in [0, 0.05) is 44.5 Å². The number of methoxy groups -OCH3 is 1. The Balaban J connectivity index is 1.67. The number of nitrogens with zero attached hydrogens (tertiary/aromatic N) is 4. The van der Waals surface area contributed by atoms with Gasteiger partial charge in [-0.05, 0) is 31.0 Å². The van der Waals surface area contributed by atoms with Crippen molar-refractivity contribution in [3.05, 3.63) is 36.5 Å². The van der Waals surface area contributed by atoms with Crippen LogP contribution < -0.4 is 4.74 Å². The summed E-state index contributed by atoms with van der Waals surface area (Å²) in [5, 5.41) is 9.03. The predicted molar refractivity (Wildman–Crippen MR) is 99.3 cm³/mol. The number of hydrogen-bond acceptors (Lipinski definition) is 5. The van der Waals surface area contributed by atoms with Gasteiger partial charge in [0.25, 0.3) is 0 Å². The molecule has 1 aromatic heterocycles. The monoisotopic (exact) mass is 376 g/mol. The first kappa shape index (κ1) is 19.3. The highest BCUT2D eigenvalue weighted by atomic mass is 19.1. The van der Waals surface area contributed by atoms with E-state index in [1.807, 2.05) is 0 Å². The van der Waals surface area contributed by atoms with Crippen LogP contribution in [0.2, 0.25) is 0 Å². The van der Waals surface area contributed by atoms with Gasteiger partial charge in [-0.3, -0.25) is 4.57 Å². The summed E-state index contributed by atoms with van der Waals surface area (Å²) >= 11 is 0. The molecule has 0 saturated carbocycles. The van der Waals surface area contributed by atoms with Crippen molar-refractivity contribution in [3.63, 3.8) is 0 Å². The van der Waals surface area contributed by atoms with Crippen LogP contribution in [0.4, 0.5) is 9.18 Å². The second kappa shape index (κ2) is 8.49. The number of imidazole rings is 1. The molecule has 2 heterocycles. The summed E-state index contributed by atoms with van der Waals surface area (Å²) in [5.74, 6) is -0.302. The lowest BCUT2D eigenvalue weighted by atomic mass is 10.0. The minimum Gasteiger partial charge on any atom is -0.494 e. The molecule has 0 bridgehead atoms. The van der Waals surface area contributed by atoms with Gasteiger partial charge in [-0.15, -0.1) is 0 Å². The van der Waals surface area contributed by atoms with Crippen LogP contribution >= 0.6 is 0 Å². The highest BCUT2D eigenvalue weighted by molar-refractivity contribution is 5.78. The highest BCUT2D eigenvalue weighted by Crippen LogP contribution is 2.24. The van der Waals surface area contributed by atoms with Crippen molar-refractivity contribution in [1.82, 2.24) is 19.4 Å². The van der Waals surface area contributed by atoms with Crippen LogP contribution in [0.5, 0.6) is 5.75 Å². The third-order valence-electron chi connectivity index (χ3n) is 5.07. The number of ether oxygens (including phenoxy) is 1. The Kier molecular flexibility index (Phi) is 6.08. The quantitative estimate of drug-likeness (QED) is 0.865. The minimum atomic E-state index is -0.470. The number of aromatic nitrogens is 2. The number of β-amino-alcohol motifs (C(OH)–C–C–N with tert-alkyl or cyclic N) is 1. The molecule has 1 N–H and O–H groups in total. The number of carbonyl (C=O) groups is 1. The van der Waals surface area contributed by atoms with E-state index in [0.717, 1.165) is 25.9 Å². The number of likely N-dealkylation sites (tertiary alicyclic amines) is 1. The van der Waals surface area contributed by atoms with E-state index in [9.17, 15) is 9.18 Å². The largest absolute Gasteiger partial charge is 0.494 e. The van der Waals surface area contributed by atoms with E-state index in [-0.39, 0.29) is 24.4 Å². The van der Waals surface area contributed by atoms with Gasteiger partial charge in [-0.25, -0.2) is 14.2 Å². The fourth-order valence-electron chi connectivity index (χ4n) is 3.41. The number of benzene rings is 1. The Bertz CT molecular complexity index is 787. The third-order valence-corrected chi connectivity index (χ3v) is 5.07. The van der Waals surface area contributed by atoms with E-state index >= 15 is 0 Å². The van der Waals surface area contributed by atoms with Crippen molar-refractivity contribution in [2.24, 2.45) is 0 Å². The average molecular weight is 376 g/mol. The molecule has 7 nitrogen and oxygen atoms in total. The Morgan fingerprint density at radius 2 is 2.15 bits per heavy atom. The summed E-state index contributed by atoms with van der Waals surface area (Å²) in [4.78, 5) is 20.9. The number of halogens is 1.